The van der Waals surface area contributed by atoms with Crippen LogP contribution < -0.4 is 10.6 Å². The minimum Gasteiger partial charge on any atom is -0.383 e. The van der Waals surface area contributed by atoms with Gasteiger partial charge in [0.2, 0.25) is 0 Å². The molecule has 0 aliphatic rings. The molecular formula is C16H25IN4OS2. The van der Waals surface area contributed by atoms with Gasteiger partial charge in [-0.25, -0.2) is 9.98 Å². The molecule has 2 aromatic heterocycles. The van der Waals surface area contributed by atoms with Gasteiger partial charge in [-0.15, -0.1) is 46.7 Å². The number of aryl methyl sites for hydroxylation is 1. The van der Waals surface area contributed by atoms with Crippen molar-refractivity contribution in [2.24, 2.45) is 4.99 Å². The number of nitrogens with one attached hydrogen (secondary N) is 2. The molecule has 2 rings (SSSR count). The van der Waals surface area contributed by atoms with Crippen LogP contribution in [0.3, 0.4) is 0 Å². The van der Waals surface area contributed by atoms with Gasteiger partial charge in [-0.3, -0.25) is 0 Å². The van der Waals surface area contributed by atoms with Crippen molar-refractivity contribution < 1.29 is 5.11 Å². The van der Waals surface area contributed by atoms with E-state index < -0.39 is 5.60 Å². The van der Waals surface area contributed by atoms with Gasteiger partial charge in [0, 0.05) is 29.8 Å². The zero-order valence-corrected chi connectivity index (χ0v) is 18.2. The molecule has 0 aliphatic carbocycles. The van der Waals surface area contributed by atoms with Gasteiger partial charge < -0.3 is 15.7 Å². The molecule has 0 radical (unpaired) electrons. The largest absolute Gasteiger partial charge is 0.383 e. The molecule has 0 bridgehead atoms. The topological polar surface area (TPSA) is 69.5 Å². The van der Waals surface area contributed by atoms with Crippen LogP contribution in [0.1, 0.15) is 29.4 Å². The Hall–Kier alpha value is -0.710. The lowest BCUT2D eigenvalue weighted by Crippen LogP contribution is -2.39. The second-order valence-corrected chi connectivity index (χ2v) is 7.49. The van der Waals surface area contributed by atoms with E-state index in [0.29, 0.717) is 6.54 Å². The van der Waals surface area contributed by atoms with E-state index >= 15 is 0 Å². The van der Waals surface area contributed by atoms with Gasteiger partial charge in [0.1, 0.15) is 5.60 Å². The summed E-state index contributed by atoms with van der Waals surface area (Å²) >= 11 is 3.21. The molecule has 0 aliphatic heterocycles. The second-order valence-electron chi connectivity index (χ2n) is 5.48. The molecule has 5 nitrogen and oxygen atoms in total. The van der Waals surface area contributed by atoms with Gasteiger partial charge in [-0.2, -0.15) is 0 Å². The van der Waals surface area contributed by atoms with E-state index in [9.17, 15) is 5.11 Å². The third kappa shape index (κ3) is 6.66. The van der Waals surface area contributed by atoms with Gasteiger partial charge in [0.15, 0.2) is 5.96 Å². The number of hydrogen-bond acceptors (Lipinski definition) is 5. The molecule has 24 heavy (non-hydrogen) atoms. The van der Waals surface area contributed by atoms with Crippen molar-refractivity contribution in [3.63, 3.8) is 0 Å². The quantitative estimate of drug-likeness (QED) is 0.324. The number of rotatable bonds is 7. The van der Waals surface area contributed by atoms with Crippen LogP contribution in [-0.2, 0) is 12.0 Å². The first-order valence-electron chi connectivity index (χ1n) is 7.71. The van der Waals surface area contributed by atoms with Gasteiger partial charge in [-0.1, -0.05) is 6.07 Å². The van der Waals surface area contributed by atoms with Crippen LogP contribution in [0.25, 0.3) is 0 Å². The van der Waals surface area contributed by atoms with Gasteiger partial charge in [0.25, 0.3) is 0 Å². The molecule has 0 amide bonds. The molecule has 8 heteroatoms. The van der Waals surface area contributed by atoms with Crippen molar-refractivity contribution in [2.45, 2.75) is 32.8 Å². The van der Waals surface area contributed by atoms with Gasteiger partial charge in [0.05, 0.1) is 17.2 Å². The number of nitrogens with zero attached hydrogens (tertiary/aromatic N) is 2. The first-order valence-corrected chi connectivity index (χ1v) is 9.46. The number of halogens is 1. The lowest BCUT2D eigenvalue weighted by molar-refractivity contribution is 0.0711. The van der Waals surface area contributed by atoms with Crippen LogP contribution in [0.15, 0.2) is 27.9 Å². The van der Waals surface area contributed by atoms with Crippen LogP contribution in [-0.4, -0.2) is 35.7 Å². The van der Waals surface area contributed by atoms with Crippen LogP contribution in [0.2, 0.25) is 0 Å². The zero-order valence-electron chi connectivity index (χ0n) is 14.2. The van der Waals surface area contributed by atoms with Crippen molar-refractivity contribution in [1.82, 2.24) is 15.6 Å². The summed E-state index contributed by atoms with van der Waals surface area (Å²) in [5, 5.41) is 22.2. The van der Waals surface area contributed by atoms with Crippen LogP contribution in [0.4, 0.5) is 0 Å². The maximum atomic E-state index is 10.5. The number of thiazole rings is 1. The number of thiophene rings is 1. The van der Waals surface area contributed by atoms with E-state index in [1.54, 1.807) is 29.6 Å². The number of guanidine groups is 1. The number of hydrogen-bond donors (Lipinski definition) is 3. The molecule has 3 N–H and O–H groups in total. The fraction of sp³-hybridized carbons (Fsp3) is 0.500. The van der Waals surface area contributed by atoms with E-state index in [1.807, 2.05) is 31.4 Å². The lowest BCUT2D eigenvalue weighted by Gasteiger charge is -2.20. The maximum absolute atomic E-state index is 10.5. The molecule has 0 saturated carbocycles. The van der Waals surface area contributed by atoms with E-state index in [1.165, 1.54) is 0 Å². The minimum absolute atomic E-state index is 0. The Morgan fingerprint density at radius 1 is 1.38 bits per heavy atom. The Kier molecular flexibility index (Phi) is 9.17. The van der Waals surface area contributed by atoms with Crippen molar-refractivity contribution in [3.05, 3.63) is 38.5 Å². The maximum Gasteiger partial charge on any atom is 0.191 e. The summed E-state index contributed by atoms with van der Waals surface area (Å²) in [6.07, 6.45) is 0.857. The minimum atomic E-state index is -0.942. The fourth-order valence-corrected chi connectivity index (χ4v) is 3.50. The average molecular weight is 480 g/mol. The summed E-state index contributed by atoms with van der Waals surface area (Å²) in [5.41, 5.74) is 0.157. The number of aromatic nitrogens is 1. The van der Waals surface area contributed by atoms with Crippen LogP contribution >= 0.6 is 46.7 Å². The highest BCUT2D eigenvalue weighted by atomic mass is 127. The van der Waals surface area contributed by atoms with Crippen LogP contribution in [0, 0.1) is 6.92 Å². The van der Waals surface area contributed by atoms with Gasteiger partial charge >= 0.3 is 0 Å². The Bertz CT molecular complexity index is 626. The lowest BCUT2D eigenvalue weighted by atomic mass is 10.1. The predicted molar refractivity (Wildman–Crippen MR) is 114 cm³/mol. The standard InChI is InChI=1S/C16H24N4OS2.HI/c1-4-17-15(18-8-7-13-10-23-12(2)20-13)19-11-16(3,21)14-6-5-9-22-14;/h5-6,9-10,21H,4,7-8,11H2,1-3H3,(H2,17,18,19);1H. The fourth-order valence-electron chi connectivity index (χ4n) is 2.07. The number of aliphatic hydroxyl groups is 1. The molecule has 2 heterocycles. The summed E-state index contributed by atoms with van der Waals surface area (Å²) in [6, 6.07) is 3.88. The van der Waals surface area contributed by atoms with E-state index in [2.05, 4.69) is 26.0 Å². The SMILES string of the molecule is CCNC(=NCC(C)(O)c1cccs1)NCCc1csc(C)n1.I. The Morgan fingerprint density at radius 3 is 2.75 bits per heavy atom. The Morgan fingerprint density at radius 2 is 2.17 bits per heavy atom. The molecule has 0 spiro atoms. The van der Waals surface area contributed by atoms with Crippen molar-refractivity contribution in [3.8, 4) is 0 Å². The summed E-state index contributed by atoms with van der Waals surface area (Å²) in [4.78, 5) is 9.89. The molecule has 1 unspecified atom stereocenters. The van der Waals surface area contributed by atoms with Crippen molar-refractivity contribution in [2.75, 3.05) is 19.6 Å². The highest BCUT2D eigenvalue weighted by Crippen LogP contribution is 2.25. The molecular weight excluding hydrogens is 455 g/mol. The second kappa shape index (κ2) is 10.3. The molecule has 1 atom stereocenters. The average Bonchev–Trinajstić information content (AvgIpc) is 3.17. The summed E-state index contributed by atoms with van der Waals surface area (Å²) in [7, 11) is 0. The monoisotopic (exact) mass is 480 g/mol. The molecule has 0 saturated heterocycles. The molecule has 0 aromatic carbocycles. The van der Waals surface area contributed by atoms with E-state index in [0.717, 1.165) is 41.0 Å². The Balaban J connectivity index is 0.00000288. The number of aliphatic imine (C=N–C) groups is 1. The van der Waals surface area contributed by atoms with Crippen molar-refractivity contribution in [1.29, 1.82) is 0 Å². The summed E-state index contributed by atoms with van der Waals surface area (Å²) in [5.74, 6) is 0.719. The first kappa shape index (κ1) is 21.3. The molecule has 134 valence electrons. The Labute approximate surface area is 168 Å². The molecule has 0 fully saturated rings. The first-order chi connectivity index (χ1) is 11.0. The van der Waals surface area contributed by atoms with E-state index in [4.69, 9.17) is 0 Å². The summed E-state index contributed by atoms with van der Waals surface area (Å²) < 4.78 is 0. The van der Waals surface area contributed by atoms with E-state index in [-0.39, 0.29) is 24.0 Å². The summed E-state index contributed by atoms with van der Waals surface area (Å²) in [6.45, 7) is 7.69. The van der Waals surface area contributed by atoms with Gasteiger partial charge in [-0.05, 0) is 32.2 Å². The predicted octanol–water partition coefficient (Wildman–Crippen LogP) is 3.14. The highest BCUT2D eigenvalue weighted by molar-refractivity contribution is 14.0. The molecule has 2 aromatic rings. The third-order valence-electron chi connectivity index (χ3n) is 3.28. The normalized spacial score (nSPS) is 13.9. The third-order valence-corrected chi connectivity index (χ3v) is 5.23. The van der Waals surface area contributed by atoms with Crippen molar-refractivity contribution >= 4 is 52.6 Å². The highest BCUT2D eigenvalue weighted by Gasteiger charge is 2.23. The zero-order chi connectivity index (χ0) is 16.7. The smallest absolute Gasteiger partial charge is 0.191 e. The van der Waals surface area contributed by atoms with Crippen LogP contribution in [0.5, 0.6) is 0 Å².